The molecule has 0 aliphatic carbocycles. The van der Waals surface area contributed by atoms with Crippen molar-refractivity contribution in [1.82, 2.24) is 0 Å². The molecule has 1 aliphatic heterocycles. The summed E-state index contributed by atoms with van der Waals surface area (Å²) in [5.74, 6) is 0.827. The molecule has 4 heteroatoms. The van der Waals surface area contributed by atoms with Gasteiger partial charge in [0.1, 0.15) is 5.75 Å². The Bertz CT molecular complexity index is 352. The predicted molar refractivity (Wildman–Crippen MR) is 54.3 cm³/mol. The van der Waals surface area contributed by atoms with Crippen molar-refractivity contribution in [1.29, 1.82) is 0 Å². The molecule has 0 aromatic heterocycles. The van der Waals surface area contributed by atoms with Crippen LogP contribution < -0.4 is 10.5 Å². The molecule has 0 saturated heterocycles. The molecule has 0 bridgehead atoms. The molecule has 0 spiro atoms. The van der Waals surface area contributed by atoms with Crippen molar-refractivity contribution in [3.8, 4) is 5.75 Å². The first kappa shape index (κ1) is 9.77. The molecule has 1 aromatic carbocycles. The smallest absolute Gasteiger partial charge is 0.189 e. The van der Waals surface area contributed by atoms with Crippen LogP contribution in [-0.4, -0.2) is 6.79 Å². The summed E-state index contributed by atoms with van der Waals surface area (Å²) in [5, 5.41) is 0.674. The van der Waals surface area contributed by atoms with E-state index in [0.29, 0.717) is 18.4 Å². The first-order valence-electron chi connectivity index (χ1n) is 4.47. The Kier molecular flexibility index (Phi) is 2.63. The zero-order valence-electron chi connectivity index (χ0n) is 7.92. The molecule has 1 aromatic rings. The van der Waals surface area contributed by atoms with Crippen molar-refractivity contribution in [3.05, 3.63) is 28.3 Å². The van der Waals surface area contributed by atoms with Crippen molar-refractivity contribution in [2.24, 2.45) is 5.73 Å². The van der Waals surface area contributed by atoms with Crippen molar-refractivity contribution in [2.75, 3.05) is 6.79 Å². The quantitative estimate of drug-likeness (QED) is 0.778. The highest BCUT2D eigenvalue weighted by atomic mass is 35.5. The van der Waals surface area contributed by atoms with Gasteiger partial charge in [0, 0.05) is 16.6 Å². The van der Waals surface area contributed by atoms with Gasteiger partial charge in [-0.2, -0.15) is 0 Å². The summed E-state index contributed by atoms with van der Waals surface area (Å²) in [6.07, 6.45) is 0. The molecule has 1 heterocycles. The van der Waals surface area contributed by atoms with Crippen molar-refractivity contribution >= 4 is 11.6 Å². The Morgan fingerprint density at radius 1 is 1.50 bits per heavy atom. The van der Waals surface area contributed by atoms with Crippen LogP contribution in [0.4, 0.5) is 0 Å². The Morgan fingerprint density at radius 2 is 2.29 bits per heavy atom. The second-order valence-corrected chi connectivity index (χ2v) is 3.79. The van der Waals surface area contributed by atoms with Crippen LogP contribution >= 0.6 is 11.6 Å². The molecule has 0 amide bonds. The van der Waals surface area contributed by atoms with E-state index in [1.807, 2.05) is 19.1 Å². The zero-order chi connectivity index (χ0) is 10.1. The van der Waals surface area contributed by atoms with Crippen LogP contribution in [-0.2, 0) is 11.3 Å². The van der Waals surface area contributed by atoms with Gasteiger partial charge in [0.25, 0.3) is 0 Å². The van der Waals surface area contributed by atoms with Gasteiger partial charge in [-0.15, -0.1) is 0 Å². The molecule has 2 N–H and O–H groups in total. The number of ether oxygens (including phenoxy) is 2. The Labute approximate surface area is 87.8 Å². The first-order valence-corrected chi connectivity index (χ1v) is 4.84. The maximum Gasteiger partial charge on any atom is 0.189 e. The standard InChI is InChI=1S/C10H12ClNO2/c1-6(12)8-3-10-7(2-9(8)11)4-13-5-14-10/h2-3,6H,4-5,12H2,1H3. The second-order valence-electron chi connectivity index (χ2n) is 3.38. The van der Waals surface area contributed by atoms with Gasteiger partial charge >= 0.3 is 0 Å². The van der Waals surface area contributed by atoms with E-state index >= 15 is 0 Å². The first-order chi connectivity index (χ1) is 6.68. The van der Waals surface area contributed by atoms with Gasteiger partial charge in [-0.1, -0.05) is 11.6 Å². The van der Waals surface area contributed by atoms with E-state index in [1.165, 1.54) is 0 Å². The largest absolute Gasteiger partial charge is 0.467 e. The highest BCUT2D eigenvalue weighted by Crippen LogP contribution is 2.32. The lowest BCUT2D eigenvalue weighted by Gasteiger charge is -2.20. The average Bonchev–Trinajstić information content (AvgIpc) is 2.16. The Balaban J connectivity index is 2.45. The van der Waals surface area contributed by atoms with Gasteiger partial charge in [-0.3, -0.25) is 0 Å². The molecule has 1 aliphatic rings. The SMILES string of the molecule is CC(N)c1cc2c(cc1Cl)COCO2. The third kappa shape index (κ3) is 1.71. The number of hydrogen-bond acceptors (Lipinski definition) is 3. The summed E-state index contributed by atoms with van der Waals surface area (Å²) in [6.45, 7) is 2.74. The van der Waals surface area contributed by atoms with E-state index in [9.17, 15) is 0 Å². The topological polar surface area (TPSA) is 44.5 Å². The maximum absolute atomic E-state index is 6.07. The van der Waals surface area contributed by atoms with Crippen LogP contribution in [0.15, 0.2) is 12.1 Å². The summed E-state index contributed by atoms with van der Waals surface area (Å²) >= 11 is 6.07. The lowest BCUT2D eigenvalue weighted by atomic mass is 10.1. The molecule has 0 radical (unpaired) electrons. The number of hydrogen-bond donors (Lipinski definition) is 1. The minimum absolute atomic E-state index is 0.0840. The van der Waals surface area contributed by atoms with Crippen LogP contribution in [0.25, 0.3) is 0 Å². The van der Waals surface area contributed by atoms with Crippen molar-refractivity contribution in [3.63, 3.8) is 0 Å². The summed E-state index contributed by atoms with van der Waals surface area (Å²) in [5.41, 5.74) is 7.66. The molecule has 2 rings (SSSR count). The predicted octanol–water partition coefficient (Wildman–Crippen LogP) is 2.23. The number of halogens is 1. The minimum atomic E-state index is -0.0840. The van der Waals surface area contributed by atoms with E-state index in [2.05, 4.69) is 0 Å². The summed E-state index contributed by atoms with van der Waals surface area (Å²) in [4.78, 5) is 0. The summed E-state index contributed by atoms with van der Waals surface area (Å²) in [6, 6.07) is 3.67. The van der Waals surface area contributed by atoms with E-state index in [0.717, 1.165) is 16.9 Å². The fourth-order valence-electron chi connectivity index (χ4n) is 1.46. The Hall–Kier alpha value is -0.770. The molecule has 0 saturated carbocycles. The lowest BCUT2D eigenvalue weighted by Crippen LogP contribution is -2.13. The monoisotopic (exact) mass is 213 g/mol. The summed E-state index contributed by atoms with van der Waals surface area (Å²) in [7, 11) is 0. The third-order valence-electron chi connectivity index (χ3n) is 2.23. The zero-order valence-corrected chi connectivity index (χ0v) is 8.67. The molecule has 1 unspecified atom stereocenters. The van der Waals surface area contributed by atoms with Gasteiger partial charge in [0.2, 0.25) is 0 Å². The fourth-order valence-corrected chi connectivity index (χ4v) is 1.82. The highest BCUT2D eigenvalue weighted by molar-refractivity contribution is 6.31. The lowest BCUT2D eigenvalue weighted by molar-refractivity contribution is -0.0164. The number of benzene rings is 1. The van der Waals surface area contributed by atoms with Crippen molar-refractivity contribution in [2.45, 2.75) is 19.6 Å². The number of nitrogens with two attached hydrogens (primary N) is 1. The van der Waals surface area contributed by atoms with Crippen LogP contribution in [0.3, 0.4) is 0 Å². The molecular weight excluding hydrogens is 202 g/mol. The molecule has 0 fully saturated rings. The number of rotatable bonds is 1. The van der Waals surface area contributed by atoms with Gasteiger partial charge in [-0.05, 0) is 24.6 Å². The highest BCUT2D eigenvalue weighted by Gasteiger charge is 2.15. The van der Waals surface area contributed by atoms with Gasteiger partial charge in [-0.25, -0.2) is 0 Å². The van der Waals surface area contributed by atoms with E-state index in [-0.39, 0.29) is 6.04 Å². The minimum Gasteiger partial charge on any atom is -0.467 e. The van der Waals surface area contributed by atoms with E-state index in [1.54, 1.807) is 0 Å². The van der Waals surface area contributed by atoms with Crippen LogP contribution in [0, 0.1) is 0 Å². The van der Waals surface area contributed by atoms with Gasteiger partial charge in [0.15, 0.2) is 6.79 Å². The molecule has 76 valence electrons. The molecule has 14 heavy (non-hydrogen) atoms. The average molecular weight is 214 g/mol. The molecular formula is C10H12ClNO2. The second kappa shape index (κ2) is 3.77. The van der Waals surface area contributed by atoms with Crippen LogP contribution in [0.2, 0.25) is 5.02 Å². The van der Waals surface area contributed by atoms with Crippen LogP contribution in [0.5, 0.6) is 5.75 Å². The third-order valence-corrected chi connectivity index (χ3v) is 2.55. The van der Waals surface area contributed by atoms with Crippen molar-refractivity contribution < 1.29 is 9.47 Å². The number of fused-ring (bicyclic) bond motifs is 1. The maximum atomic E-state index is 6.07. The van der Waals surface area contributed by atoms with Gasteiger partial charge < -0.3 is 15.2 Å². The van der Waals surface area contributed by atoms with Gasteiger partial charge in [0.05, 0.1) is 6.61 Å². The molecule has 3 nitrogen and oxygen atoms in total. The van der Waals surface area contributed by atoms with Crippen LogP contribution in [0.1, 0.15) is 24.1 Å². The molecule has 1 atom stereocenters. The summed E-state index contributed by atoms with van der Waals surface area (Å²) < 4.78 is 10.5. The normalized spacial score (nSPS) is 17.1. The Morgan fingerprint density at radius 3 is 3.00 bits per heavy atom. The van der Waals surface area contributed by atoms with E-state index < -0.39 is 0 Å². The van der Waals surface area contributed by atoms with E-state index in [4.69, 9.17) is 26.8 Å². The fraction of sp³-hybridized carbons (Fsp3) is 0.400.